The van der Waals surface area contributed by atoms with Crippen LogP contribution in [-0.4, -0.2) is 24.2 Å². The predicted molar refractivity (Wildman–Crippen MR) is 93.6 cm³/mol. The number of rotatable bonds is 3. The molecule has 0 amide bonds. The highest BCUT2D eigenvalue weighted by Gasteiger charge is 2.17. The molecule has 1 fully saturated rings. The average molecular weight is 384 g/mol. The Morgan fingerprint density at radius 1 is 1.27 bits per heavy atom. The van der Waals surface area contributed by atoms with Crippen LogP contribution in [0.25, 0.3) is 0 Å². The molecule has 3 rings (SSSR count). The lowest BCUT2D eigenvalue weighted by Gasteiger charge is -2.23. The normalized spacial score (nSPS) is 17.7. The molecule has 0 unspecified atom stereocenters. The number of ether oxygens (including phenoxy) is 2. The summed E-state index contributed by atoms with van der Waals surface area (Å²) >= 11 is 8.73. The minimum atomic E-state index is 0.252. The van der Waals surface area contributed by atoms with Crippen molar-refractivity contribution in [2.75, 3.05) is 6.79 Å². The Morgan fingerprint density at radius 3 is 2.91 bits per heavy atom. The van der Waals surface area contributed by atoms with Crippen LogP contribution in [0.4, 0.5) is 0 Å². The van der Waals surface area contributed by atoms with E-state index in [1.807, 2.05) is 12.1 Å². The minimum absolute atomic E-state index is 0.252. The fourth-order valence-corrected chi connectivity index (χ4v) is 3.49. The van der Waals surface area contributed by atoms with Gasteiger partial charge in [0.05, 0.1) is 10.7 Å². The van der Waals surface area contributed by atoms with E-state index in [0.29, 0.717) is 11.2 Å². The lowest BCUT2D eigenvalue weighted by Crippen LogP contribution is -2.40. The smallest absolute Gasteiger partial charge is 0.231 e. The van der Waals surface area contributed by atoms with Gasteiger partial charge in [-0.25, -0.2) is 0 Å². The van der Waals surface area contributed by atoms with Crippen molar-refractivity contribution < 1.29 is 9.47 Å². The molecule has 0 saturated heterocycles. The second-order valence-corrected chi connectivity index (χ2v) is 6.68. The van der Waals surface area contributed by atoms with Crippen LogP contribution in [0.5, 0.6) is 11.5 Å². The highest BCUT2D eigenvalue weighted by atomic mass is 79.9. The van der Waals surface area contributed by atoms with Gasteiger partial charge in [-0.15, -0.1) is 0 Å². The number of thiocarbonyl (C=S) groups is 1. The van der Waals surface area contributed by atoms with E-state index < -0.39 is 0 Å². The number of hydrogen-bond donors (Lipinski definition) is 2. The van der Waals surface area contributed by atoms with Crippen LogP contribution in [0.1, 0.15) is 37.7 Å². The van der Waals surface area contributed by atoms with Crippen molar-refractivity contribution in [1.29, 1.82) is 0 Å². The van der Waals surface area contributed by atoms with E-state index in [2.05, 4.69) is 31.8 Å². The molecule has 2 N–H and O–H groups in total. The van der Waals surface area contributed by atoms with Gasteiger partial charge in [-0.1, -0.05) is 19.3 Å². The fraction of sp³-hybridized carbons (Fsp3) is 0.467. The Morgan fingerprint density at radius 2 is 2.09 bits per heavy atom. The molecule has 1 aliphatic carbocycles. The van der Waals surface area contributed by atoms with Gasteiger partial charge >= 0.3 is 0 Å². The summed E-state index contributed by atoms with van der Waals surface area (Å²) in [7, 11) is 0. The topological polar surface area (TPSA) is 54.9 Å². The van der Waals surface area contributed by atoms with Crippen LogP contribution in [0.2, 0.25) is 0 Å². The Labute approximate surface area is 143 Å². The van der Waals surface area contributed by atoms with Gasteiger partial charge in [-0.05, 0) is 58.7 Å². The van der Waals surface area contributed by atoms with Crippen molar-refractivity contribution in [2.45, 2.75) is 38.1 Å². The van der Waals surface area contributed by atoms with Crippen molar-refractivity contribution in [3.8, 4) is 11.5 Å². The van der Waals surface area contributed by atoms with E-state index in [1.165, 1.54) is 32.1 Å². The molecule has 0 aromatic heterocycles. The summed E-state index contributed by atoms with van der Waals surface area (Å²) in [6.07, 6.45) is 7.95. The second-order valence-electron chi connectivity index (χ2n) is 5.41. The summed E-state index contributed by atoms with van der Waals surface area (Å²) in [5.74, 6) is 1.46. The number of halogens is 1. The molecule has 1 aromatic carbocycles. The molecular formula is C15H18BrN3O2S. The molecule has 0 radical (unpaired) electrons. The maximum absolute atomic E-state index is 5.38. The molecule has 0 spiro atoms. The number of nitrogens with zero attached hydrogens (tertiary/aromatic N) is 1. The first-order valence-corrected chi connectivity index (χ1v) is 8.61. The molecule has 1 heterocycles. The van der Waals surface area contributed by atoms with Crippen molar-refractivity contribution in [1.82, 2.24) is 10.7 Å². The summed E-state index contributed by atoms with van der Waals surface area (Å²) in [6.45, 7) is 0.252. The molecule has 7 heteroatoms. The van der Waals surface area contributed by atoms with Crippen molar-refractivity contribution in [3.05, 3.63) is 22.2 Å². The van der Waals surface area contributed by atoms with E-state index >= 15 is 0 Å². The average Bonchev–Trinajstić information content (AvgIpc) is 2.97. The van der Waals surface area contributed by atoms with Crippen LogP contribution in [-0.2, 0) is 0 Å². The summed E-state index contributed by atoms with van der Waals surface area (Å²) in [5.41, 5.74) is 3.77. The second kappa shape index (κ2) is 7.28. The van der Waals surface area contributed by atoms with E-state index in [4.69, 9.17) is 21.7 Å². The molecule has 0 bridgehead atoms. The largest absolute Gasteiger partial charge is 0.454 e. The van der Waals surface area contributed by atoms with Gasteiger partial charge in [0.25, 0.3) is 0 Å². The third-order valence-corrected chi connectivity index (χ3v) is 4.57. The highest BCUT2D eigenvalue weighted by molar-refractivity contribution is 9.10. The molecule has 118 valence electrons. The lowest BCUT2D eigenvalue weighted by molar-refractivity contribution is 0.173. The summed E-state index contributed by atoms with van der Waals surface area (Å²) in [4.78, 5) is 0. The van der Waals surface area contributed by atoms with E-state index in [1.54, 1.807) is 6.21 Å². The number of hydrogen-bond acceptors (Lipinski definition) is 4. The first-order valence-electron chi connectivity index (χ1n) is 7.41. The van der Waals surface area contributed by atoms with Crippen LogP contribution >= 0.6 is 28.1 Å². The maximum Gasteiger partial charge on any atom is 0.231 e. The predicted octanol–water partition coefficient (Wildman–Crippen LogP) is 3.31. The van der Waals surface area contributed by atoms with Gasteiger partial charge in [0.15, 0.2) is 16.6 Å². The van der Waals surface area contributed by atoms with Gasteiger partial charge in [0.2, 0.25) is 6.79 Å². The molecule has 1 saturated carbocycles. The third kappa shape index (κ3) is 3.89. The van der Waals surface area contributed by atoms with Gasteiger partial charge in [0.1, 0.15) is 0 Å². The van der Waals surface area contributed by atoms with Gasteiger partial charge < -0.3 is 14.8 Å². The number of nitrogens with one attached hydrogen (secondary N) is 2. The zero-order valence-corrected chi connectivity index (χ0v) is 14.5. The van der Waals surface area contributed by atoms with Crippen LogP contribution in [0, 0.1) is 0 Å². The Hall–Kier alpha value is -1.34. The Balaban J connectivity index is 1.53. The molecule has 2 aliphatic rings. The summed E-state index contributed by atoms with van der Waals surface area (Å²) < 4.78 is 11.6. The standard InChI is InChI=1S/C15H18BrN3O2S/c16-12-6-10(7-13-14(12)21-9-20-13)8-17-19-15(22)18-11-4-2-1-3-5-11/h6-8,11H,1-5,9H2,(H2,18,19,22)/b17-8-. The SMILES string of the molecule is S=C(N/N=C\c1cc(Br)c2c(c1)OCO2)NC1CCCCC1. The van der Waals surface area contributed by atoms with Crippen LogP contribution < -0.4 is 20.2 Å². The molecular weight excluding hydrogens is 366 g/mol. The van der Waals surface area contributed by atoms with Crippen molar-refractivity contribution in [3.63, 3.8) is 0 Å². The van der Waals surface area contributed by atoms with Crippen molar-refractivity contribution >= 4 is 39.5 Å². The maximum atomic E-state index is 5.38. The molecule has 0 atom stereocenters. The quantitative estimate of drug-likeness (QED) is 0.476. The van der Waals surface area contributed by atoms with Gasteiger partial charge in [0, 0.05) is 6.04 Å². The van der Waals surface area contributed by atoms with Crippen LogP contribution in [0.15, 0.2) is 21.7 Å². The number of fused-ring (bicyclic) bond motifs is 1. The van der Waals surface area contributed by atoms with Gasteiger partial charge in [-0.2, -0.15) is 5.10 Å². The first-order chi connectivity index (χ1) is 10.7. The first kappa shape index (κ1) is 15.6. The molecule has 1 aromatic rings. The fourth-order valence-electron chi connectivity index (χ4n) is 2.69. The summed E-state index contributed by atoms with van der Waals surface area (Å²) in [6, 6.07) is 4.29. The zero-order valence-electron chi connectivity index (χ0n) is 12.1. The van der Waals surface area contributed by atoms with Gasteiger partial charge in [-0.3, -0.25) is 5.43 Å². The van der Waals surface area contributed by atoms with E-state index in [9.17, 15) is 0 Å². The lowest BCUT2D eigenvalue weighted by atomic mass is 9.96. The third-order valence-electron chi connectivity index (χ3n) is 3.77. The number of hydrazone groups is 1. The Bertz CT molecular complexity index is 588. The minimum Gasteiger partial charge on any atom is -0.454 e. The van der Waals surface area contributed by atoms with Crippen LogP contribution in [0.3, 0.4) is 0 Å². The monoisotopic (exact) mass is 383 g/mol. The molecule has 22 heavy (non-hydrogen) atoms. The van der Waals surface area contributed by atoms with Crippen molar-refractivity contribution in [2.24, 2.45) is 5.10 Å². The van der Waals surface area contributed by atoms with E-state index in [-0.39, 0.29) is 6.79 Å². The number of benzene rings is 1. The zero-order chi connectivity index (χ0) is 15.4. The Kier molecular flexibility index (Phi) is 5.15. The summed E-state index contributed by atoms with van der Waals surface area (Å²) in [5, 5.41) is 8.06. The molecule has 1 aliphatic heterocycles. The van der Waals surface area contributed by atoms with E-state index in [0.717, 1.165) is 21.5 Å². The highest BCUT2D eigenvalue weighted by Crippen LogP contribution is 2.39. The molecule has 5 nitrogen and oxygen atoms in total.